The van der Waals surface area contributed by atoms with Crippen LogP contribution in [0.4, 0.5) is 5.82 Å². The molecule has 2 saturated carbocycles. The number of aryl methyl sites for hydroxylation is 1. The fourth-order valence-electron chi connectivity index (χ4n) is 6.54. The molecule has 5 heterocycles. The first-order chi connectivity index (χ1) is 18.1. The van der Waals surface area contributed by atoms with Crippen LogP contribution < -0.4 is 10.6 Å². The first-order valence-electron chi connectivity index (χ1n) is 12.8. The number of H-pyrrole nitrogens is 1. The second-order valence-electron chi connectivity index (χ2n) is 10.7. The Kier molecular flexibility index (Phi) is 4.38. The summed E-state index contributed by atoms with van der Waals surface area (Å²) < 4.78 is 7.45. The quantitative estimate of drug-likeness (QED) is 0.362. The minimum Gasteiger partial charge on any atom is -0.361 e. The molecule has 3 aliphatic rings. The maximum absolute atomic E-state index is 6.75. The molecule has 3 unspecified atom stereocenters. The lowest BCUT2D eigenvalue weighted by atomic mass is 9.96. The normalized spacial score (nSPS) is 25.2. The highest BCUT2D eigenvalue weighted by molar-refractivity contribution is 6.38. The molecule has 37 heavy (non-hydrogen) atoms. The van der Waals surface area contributed by atoms with E-state index in [9.17, 15) is 0 Å². The molecule has 5 aromatic rings. The van der Waals surface area contributed by atoms with Gasteiger partial charge in [0.15, 0.2) is 0 Å². The maximum Gasteiger partial charge on any atom is 0.202 e. The third kappa shape index (κ3) is 3.05. The first kappa shape index (κ1) is 21.6. The lowest BCUT2D eigenvalue weighted by Crippen LogP contribution is -2.32. The summed E-state index contributed by atoms with van der Waals surface area (Å²) in [5.74, 6) is 3.37. The van der Waals surface area contributed by atoms with Crippen molar-refractivity contribution >= 4 is 39.5 Å². The number of anilines is 1. The Morgan fingerprint density at radius 2 is 2.14 bits per heavy atom. The molecule has 11 heteroatoms. The highest BCUT2D eigenvalue weighted by Gasteiger charge is 2.67. The lowest BCUT2D eigenvalue weighted by Gasteiger charge is -2.26. The van der Waals surface area contributed by atoms with E-state index in [0.717, 1.165) is 58.9 Å². The molecule has 3 N–H and O–H groups in total. The van der Waals surface area contributed by atoms with Gasteiger partial charge in [-0.25, -0.2) is 9.97 Å². The van der Waals surface area contributed by atoms with Gasteiger partial charge in [0.2, 0.25) is 5.65 Å². The van der Waals surface area contributed by atoms with E-state index in [2.05, 4.69) is 31.4 Å². The van der Waals surface area contributed by atoms with Gasteiger partial charge in [0, 0.05) is 61.2 Å². The van der Waals surface area contributed by atoms with Crippen molar-refractivity contribution in [1.82, 2.24) is 35.1 Å². The number of aromatic amines is 1. The Labute approximate surface area is 217 Å². The van der Waals surface area contributed by atoms with Crippen LogP contribution in [0.5, 0.6) is 0 Å². The minimum absolute atomic E-state index is 0.0931. The van der Waals surface area contributed by atoms with E-state index in [4.69, 9.17) is 31.8 Å². The van der Waals surface area contributed by atoms with Gasteiger partial charge in [0.25, 0.3) is 0 Å². The standard InChI is InChI=1S/C26H26ClN9O/c1-35-10-15-18(33-35)5-4-14(22(15)27)23-24-25(32-31-23)30-21(9-29-24)36-7-6-16-17(11-36)26(16,12-28)20-8-19(37-34-20)13-2-3-13/h4-5,8-10,13,16-17H,2-3,6-7,11-12,28H2,1H3,(H,30,31,32). The summed E-state index contributed by atoms with van der Waals surface area (Å²) in [5, 5.41) is 18.0. The van der Waals surface area contributed by atoms with Gasteiger partial charge < -0.3 is 15.2 Å². The second-order valence-corrected chi connectivity index (χ2v) is 11.1. The van der Waals surface area contributed by atoms with Crippen molar-refractivity contribution in [3.63, 3.8) is 0 Å². The zero-order valence-corrected chi connectivity index (χ0v) is 21.1. The Hall–Kier alpha value is -3.50. The van der Waals surface area contributed by atoms with E-state index in [1.54, 1.807) is 4.68 Å². The van der Waals surface area contributed by atoms with Crippen LogP contribution >= 0.6 is 11.6 Å². The summed E-state index contributed by atoms with van der Waals surface area (Å²) in [6, 6.07) is 6.07. The summed E-state index contributed by atoms with van der Waals surface area (Å²) >= 11 is 6.75. The summed E-state index contributed by atoms with van der Waals surface area (Å²) in [6.07, 6.45) is 7.19. The van der Waals surface area contributed by atoms with Gasteiger partial charge in [0.1, 0.15) is 17.1 Å². The maximum atomic E-state index is 6.75. The molecular formula is C26H26ClN9O. The summed E-state index contributed by atoms with van der Waals surface area (Å²) in [7, 11) is 1.88. The average Bonchev–Trinajstić information content (AvgIpc) is 3.68. The van der Waals surface area contributed by atoms with Crippen LogP contribution in [-0.4, -0.2) is 54.7 Å². The molecular weight excluding hydrogens is 490 g/mol. The molecule has 188 valence electrons. The zero-order chi connectivity index (χ0) is 24.9. The Morgan fingerprint density at radius 1 is 1.24 bits per heavy atom. The van der Waals surface area contributed by atoms with Gasteiger partial charge in [-0.1, -0.05) is 16.8 Å². The van der Waals surface area contributed by atoms with Crippen LogP contribution in [0, 0.1) is 11.8 Å². The van der Waals surface area contributed by atoms with Gasteiger partial charge in [-0.2, -0.15) is 10.2 Å². The third-order valence-corrected chi connectivity index (χ3v) is 9.14. The molecule has 2 aliphatic carbocycles. The number of piperidine rings is 1. The molecule has 3 atom stereocenters. The van der Waals surface area contributed by atoms with Crippen LogP contribution in [0.3, 0.4) is 0 Å². The van der Waals surface area contributed by atoms with E-state index < -0.39 is 0 Å². The van der Waals surface area contributed by atoms with Gasteiger partial charge in [-0.15, -0.1) is 0 Å². The molecule has 1 aromatic carbocycles. The highest BCUT2D eigenvalue weighted by atomic mass is 35.5. The first-order valence-corrected chi connectivity index (χ1v) is 13.2. The number of aromatic nitrogens is 7. The van der Waals surface area contributed by atoms with Crippen molar-refractivity contribution in [2.45, 2.75) is 30.6 Å². The number of nitrogens with two attached hydrogens (primary N) is 1. The predicted octanol–water partition coefficient (Wildman–Crippen LogP) is 3.78. The Balaban J connectivity index is 1.08. The minimum atomic E-state index is -0.0931. The molecule has 10 nitrogen and oxygen atoms in total. The van der Waals surface area contributed by atoms with E-state index in [1.165, 1.54) is 12.8 Å². The summed E-state index contributed by atoms with van der Waals surface area (Å²) in [5.41, 5.74) is 11.0. The van der Waals surface area contributed by atoms with Crippen LogP contribution in [-0.2, 0) is 12.5 Å². The lowest BCUT2D eigenvalue weighted by molar-refractivity contribution is 0.368. The van der Waals surface area contributed by atoms with Crippen LogP contribution in [0.25, 0.3) is 33.3 Å². The fourth-order valence-corrected chi connectivity index (χ4v) is 6.84. The molecule has 8 rings (SSSR count). The zero-order valence-electron chi connectivity index (χ0n) is 20.4. The number of benzene rings is 1. The monoisotopic (exact) mass is 515 g/mol. The Bertz CT molecular complexity index is 1680. The largest absolute Gasteiger partial charge is 0.361 e. The van der Waals surface area contributed by atoms with Gasteiger partial charge >= 0.3 is 0 Å². The molecule has 1 saturated heterocycles. The second kappa shape index (κ2) is 7.52. The van der Waals surface area contributed by atoms with Crippen molar-refractivity contribution < 1.29 is 4.52 Å². The number of rotatable bonds is 5. The number of halogens is 1. The molecule has 4 aromatic heterocycles. The number of hydrogen-bond donors (Lipinski definition) is 2. The smallest absolute Gasteiger partial charge is 0.202 e. The van der Waals surface area contributed by atoms with E-state index in [-0.39, 0.29) is 5.41 Å². The SMILES string of the molecule is Cn1cc2c(Cl)c(-c3[nH]nc4nc(N5CCC6C(C5)C6(CN)c5cc(C6CC6)on5)cnc34)ccc2n1. The topological polar surface area (TPSA) is 128 Å². The van der Waals surface area contributed by atoms with Crippen molar-refractivity contribution in [2.75, 3.05) is 24.5 Å². The van der Waals surface area contributed by atoms with Crippen molar-refractivity contribution in [3.05, 3.63) is 47.1 Å². The summed E-state index contributed by atoms with van der Waals surface area (Å²) in [6.45, 7) is 2.36. The number of fused-ring (bicyclic) bond motifs is 3. The molecule has 1 aliphatic heterocycles. The molecule has 0 radical (unpaired) electrons. The number of nitrogens with zero attached hydrogens (tertiary/aromatic N) is 7. The van der Waals surface area contributed by atoms with E-state index >= 15 is 0 Å². The number of nitrogens with one attached hydrogen (secondary N) is 1. The van der Waals surface area contributed by atoms with Crippen LogP contribution in [0.1, 0.15) is 36.6 Å². The summed E-state index contributed by atoms with van der Waals surface area (Å²) in [4.78, 5) is 11.9. The molecule has 0 amide bonds. The third-order valence-electron chi connectivity index (χ3n) is 8.73. The van der Waals surface area contributed by atoms with E-state index in [0.29, 0.717) is 40.5 Å². The average molecular weight is 516 g/mol. The van der Waals surface area contributed by atoms with Gasteiger partial charge in [-0.3, -0.25) is 9.78 Å². The van der Waals surface area contributed by atoms with Crippen molar-refractivity contribution in [3.8, 4) is 11.3 Å². The Morgan fingerprint density at radius 3 is 2.97 bits per heavy atom. The molecule has 0 bridgehead atoms. The van der Waals surface area contributed by atoms with Crippen LogP contribution in [0.15, 0.2) is 35.1 Å². The molecule has 0 spiro atoms. The van der Waals surface area contributed by atoms with Crippen molar-refractivity contribution in [2.24, 2.45) is 24.6 Å². The van der Waals surface area contributed by atoms with Gasteiger partial charge in [-0.05, 0) is 43.2 Å². The van der Waals surface area contributed by atoms with Gasteiger partial charge in [0.05, 0.1) is 28.1 Å². The highest BCUT2D eigenvalue weighted by Crippen LogP contribution is 2.63. The predicted molar refractivity (Wildman–Crippen MR) is 139 cm³/mol. The van der Waals surface area contributed by atoms with E-state index in [1.807, 2.05) is 31.6 Å². The molecule has 3 fully saturated rings. The fraction of sp³-hybridized carbons (Fsp3) is 0.423. The van der Waals surface area contributed by atoms with Crippen molar-refractivity contribution in [1.29, 1.82) is 0 Å². The van der Waals surface area contributed by atoms with Crippen LogP contribution in [0.2, 0.25) is 5.02 Å². The number of hydrogen-bond acceptors (Lipinski definition) is 8.